The lowest BCUT2D eigenvalue weighted by Gasteiger charge is -2.10. The third-order valence-corrected chi connectivity index (χ3v) is 3.25. The van der Waals surface area contributed by atoms with Crippen LogP contribution in [0.25, 0.3) is 0 Å². The third-order valence-electron chi connectivity index (χ3n) is 3.25. The molecule has 2 N–H and O–H groups in total. The fourth-order valence-corrected chi connectivity index (χ4v) is 2.13. The number of para-hydroxylation sites is 1. The van der Waals surface area contributed by atoms with Crippen molar-refractivity contribution in [3.05, 3.63) is 29.6 Å². The predicted octanol–water partition coefficient (Wildman–Crippen LogP) is 4.54. The van der Waals surface area contributed by atoms with Crippen LogP contribution in [-0.2, 0) is 0 Å². The zero-order valence-electron chi connectivity index (χ0n) is 12.3. The summed E-state index contributed by atoms with van der Waals surface area (Å²) in [6.45, 7) is 5.03. The molecule has 1 rings (SSSR count). The SMILES string of the molecule is CC(C)CCCCCCNc1c(F)cccc1C(=O)O. The Morgan fingerprint density at radius 3 is 2.60 bits per heavy atom. The average molecular weight is 281 g/mol. The topological polar surface area (TPSA) is 49.3 Å². The lowest BCUT2D eigenvalue weighted by molar-refractivity contribution is 0.0697. The molecule has 0 bridgehead atoms. The van der Waals surface area contributed by atoms with Crippen molar-refractivity contribution in [3.8, 4) is 0 Å². The van der Waals surface area contributed by atoms with Crippen molar-refractivity contribution in [2.75, 3.05) is 11.9 Å². The number of nitrogens with one attached hydrogen (secondary N) is 1. The Labute approximate surface area is 120 Å². The molecule has 0 unspecified atom stereocenters. The second kappa shape index (κ2) is 8.56. The van der Waals surface area contributed by atoms with E-state index in [0.29, 0.717) is 6.54 Å². The van der Waals surface area contributed by atoms with Gasteiger partial charge in [0.1, 0.15) is 5.82 Å². The van der Waals surface area contributed by atoms with Crippen LogP contribution >= 0.6 is 0 Å². The maximum Gasteiger partial charge on any atom is 0.337 e. The van der Waals surface area contributed by atoms with Crippen LogP contribution in [0.2, 0.25) is 0 Å². The lowest BCUT2D eigenvalue weighted by Crippen LogP contribution is -2.09. The second-order valence-electron chi connectivity index (χ2n) is 5.49. The van der Waals surface area contributed by atoms with Gasteiger partial charge in [0.15, 0.2) is 0 Å². The Kier molecular flexibility index (Phi) is 7.05. The van der Waals surface area contributed by atoms with Gasteiger partial charge in [0.2, 0.25) is 0 Å². The Morgan fingerprint density at radius 2 is 1.95 bits per heavy atom. The van der Waals surface area contributed by atoms with E-state index in [-0.39, 0.29) is 11.3 Å². The van der Waals surface area contributed by atoms with Crippen LogP contribution in [0, 0.1) is 11.7 Å². The maximum atomic E-state index is 13.6. The van der Waals surface area contributed by atoms with E-state index >= 15 is 0 Å². The van der Waals surface area contributed by atoms with Gasteiger partial charge in [-0.3, -0.25) is 0 Å². The maximum absolute atomic E-state index is 13.6. The summed E-state index contributed by atoms with van der Waals surface area (Å²) in [6.07, 6.45) is 5.63. The van der Waals surface area contributed by atoms with Crippen molar-refractivity contribution < 1.29 is 14.3 Å². The van der Waals surface area contributed by atoms with Gasteiger partial charge in [-0.1, -0.05) is 45.6 Å². The Hall–Kier alpha value is -1.58. The van der Waals surface area contributed by atoms with E-state index in [9.17, 15) is 9.18 Å². The molecule has 0 radical (unpaired) electrons. The molecule has 1 aromatic rings. The molecule has 0 aliphatic heterocycles. The summed E-state index contributed by atoms with van der Waals surface area (Å²) in [6, 6.07) is 4.10. The minimum absolute atomic E-state index is 0.00944. The quantitative estimate of drug-likeness (QED) is 0.653. The molecule has 0 spiro atoms. The first kappa shape index (κ1) is 16.5. The molecule has 0 heterocycles. The molecule has 0 amide bonds. The number of unbranched alkanes of at least 4 members (excludes halogenated alkanes) is 3. The zero-order valence-corrected chi connectivity index (χ0v) is 12.3. The van der Waals surface area contributed by atoms with Gasteiger partial charge in [-0.15, -0.1) is 0 Å². The monoisotopic (exact) mass is 281 g/mol. The van der Waals surface area contributed by atoms with Crippen molar-refractivity contribution in [3.63, 3.8) is 0 Å². The van der Waals surface area contributed by atoms with Crippen LogP contribution in [0.1, 0.15) is 56.3 Å². The predicted molar refractivity (Wildman–Crippen MR) is 79.8 cm³/mol. The van der Waals surface area contributed by atoms with Gasteiger partial charge < -0.3 is 10.4 Å². The van der Waals surface area contributed by atoms with Gasteiger partial charge in [0.05, 0.1) is 11.3 Å². The van der Waals surface area contributed by atoms with Crippen molar-refractivity contribution in [2.45, 2.75) is 46.0 Å². The molecule has 0 aliphatic rings. The number of halogens is 1. The largest absolute Gasteiger partial charge is 0.478 e. The molecule has 0 atom stereocenters. The van der Waals surface area contributed by atoms with Crippen LogP contribution in [0.4, 0.5) is 10.1 Å². The summed E-state index contributed by atoms with van der Waals surface area (Å²) < 4.78 is 13.6. The van der Waals surface area contributed by atoms with Gasteiger partial charge in [0, 0.05) is 6.54 Å². The fraction of sp³-hybridized carbons (Fsp3) is 0.562. The minimum Gasteiger partial charge on any atom is -0.478 e. The van der Waals surface area contributed by atoms with Crippen molar-refractivity contribution >= 4 is 11.7 Å². The smallest absolute Gasteiger partial charge is 0.337 e. The summed E-state index contributed by atoms with van der Waals surface area (Å²) in [5, 5.41) is 11.9. The van der Waals surface area contributed by atoms with Gasteiger partial charge in [-0.2, -0.15) is 0 Å². The Bertz CT molecular complexity index is 432. The third kappa shape index (κ3) is 5.59. The van der Waals surface area contributed by atoms with Gasteiger partial charge in [0.25, 0.3) is 0 Å². The molecular formula is C16H24FNO2. The van der Waals surface area contributed by atoms with E-state index in [1.807, 2.05) is 0 Å². The average Bonchev–Trinajstić information content (AvgIpc) is 2.38. The van der Waals surface area contributed by atoms with Gasteiger partial charge >= 0.3 is 5.97 Å². The Balaban J connectivity index is 2.33. The molecule has 1 aromatic carbocycles. The number of rotatable bonds is 9. The normalized spacial score (nSPS) is 10.8. The number of hydrogen-bond acceptors (Lipinski definition) is 2. The van der Waals surface area contributed by atoms with E-state index in [1.165, 1.54) is 37.5 Å². The minimum atomic E-state index is -1.11. The lowest BCUT2D eigenvalue weighted by atomic mass is 10.0. The van der Waals surface area contributed by atoms with Crippen LogP contribution in [0.15, 0.2) is 18.2 Å². The fourth-order valence-electron chi connectivity index (χ4n) is 2.13. The number of carboxylic acids is 1. The first-order valence-electron chi connectivity index (χ1n) is 7.28. The zero-order chi connectivity index (χ0) is 15.0. The highest BCUT2D eigenvalue weighted by atomic mass is 19.1. The molecule has 0 saturated heterocycles. The summed E-state index contributed by atoms with van der Waals surface area (Å²) in [7, 11) is 0. The summed E-state index contributed by atoms with van der Waals surface area (Å²) in [4.78, 5) is 11.0. The van der Waals surface area contributed by atoms with Crippen molar-refractivity contribution in [2.24, 2.45) is 5.92 Å². The van der Waals surface area contributed by atoms with E-state index in [2.05, 4.69) is 19.2 Å². The first-order valence-corrected chi connectivity index (χ1v) is 7.28. The summed E-state index contributed by atoms with van der Waals surface area (Å²) >= 11 is 0. The van der Waals surface area contributed by atoms with E-state index in [4.69, 9.17) is 5.11 Å². The van der Waals surface area contributed by atoms with E-state index in [1.54, 1.807) is 0 Å². The molecule has 20 heavy (non-hydrogen) atoms. The van der Waals surface area contributed by atoms with Crippen molar-refractivity contribution in [1.82, 2.24) is 0 Å². The molecule has 112 valence electrons. The summed E-state index contributed by atoms with van der Waals surface area (Å²) in [5.41, 5.74) is 0.0898. The number of carbonyl (C=O) groups is 1. The number of aromatic carboxylic acids is 1. The second-order valence-corrected chi connectivity index (χ2v) is 5.49. The molecular weight excluding hydrogens is 257 g/mol. The molecule has 0 fully saturated rings. The van der Waals surface area contributed by atoms with Crippen LogP contribution in [0.5, 0.6) is 0 Å². The van der Waals surface area contributed by atoms with Gasteiger partial charge in [-0.25, -0.2) is 9.18 Å². The number of carboxylic acid groups (broad SMARTS) is 1. The standard InChI is InChI=1S/C16H24FNO2/c1-12(2)8-5-3-4-6-11-18-15-13(16(19)20)9-7-10-14(15)17/h7,9-10,12,18H,3-6,8,11H2,1-2H3,(H,19,20). The molecule has 3 nitrogen and oxygen atoms in total. The number of benzene rings is 1. The summed E-state index contributed by atoms with van der Waals surface area (Å²) in [5.74, 6) is -0.877. The highest BCUT2D eigenvalue weighted by molar-refractivity contribution is 5.94. The Morgan fingerprint density at radius 1 is 1.25 bits per heavy atom. The van der Waals surface area contributed by atoms with E-state index < -0.39 is 11.8 Å². The van der Waals surface area contributed by atoms with Crippen molar-refractivity contribution in [1.29, 1.82) is 0 Å². The van der Waals surface area contributed by atoms with Gasteiger partial charge in [-0.05, 0) is 24.5 Å². The molecule has 0 saturated carbocycles. The molecule has 4 heteroatoms. The highest BCUT2D eigenvalue weighted by Crippen LogP contribution is 2.20. The van der Waals surface area contributed by atoms with Crippen LogP contribution in [0.3, 0.4) is 0 Å². The number of hydrogen-bond donors (Lipinski definition) is 2. The molecule has 0 aliphatic carbocycles. The van der Waals surface area contributed by atoms with E-state index in [0.717, 1.165) is 18.8 Å². The first-order chi connectivity index (χ1) is 9.52. The number of anilines is 1. The molecule has 0 aromatic heterocycles. The van der Waals surface area contributed by atoms with Crippen LogP contribution in [-0.4, -0.2) is 17.6 Å². The van der Waals surface area contributed by atoms with Crippen LogP contribution < -0.4 is 5.32 Å². The highest BCUT2D eigenvalue weighted by Gasteiger charge is 2.13.